The normalized spacial score (nSPS) is 10.2. The van der Waals surface area contributed by atoms with Crippen molar-refractivity contribution in [2.24, 2.45) is 0 Å². The first-order valence-corrected chi connectivity index (χ1v) is 27.9. The van der Waals surface area contributed by atoms with Crippen LogP contribution in [0, 0.1) is 12.1 Å². The number of amides is 4. The topological polar surface area (TPSA) is 367 Å². The molecule has 0 aliphatic carbocycles. The number of nitrogens with one attached hydrogen (secondary N) is 4. The molecule has 0 atom stereocenters. The van der Waals surface area contributed by atoms with Crippen molar-refractivity contribution in [3.05, 3.63) is 225 Å². The van der Waals surface area contributed by atoms with E-state index in [1.165, 1.54) is 84.9 Å². The summed E-state index contributed by atoms with van der Waals surface area (Å²) in [6.45, 7) is -0.102. The predicted octanol–water partition coefficient (Wildman–Crippen LogP) is -6.90. The summed E-state index contributed by atoms with van der Waals surface area (Å²) >= 11 is 0. The average molecular weight is 1260 g/mol. The van der Waals surface area contributed by atoms with Crippen molar-refractivity contribution < 1.29 is 198 Å². The fourth-order valence-corrected chi connectivity index (χ4v) is 8.46. The van der Waals surface area contributed by atoms with Crippen molar-refractivity contribution in [2.45, 2.75) is 48.6 Å². The Morgan fingerprint density at radius 1 is 0.417 bits per heavy atom. The van der Waals surface area contributed by atoms with Crippen LogP contribution >= 0.6 is 0 Å². The fourth-order valence-electron chi connectivity index (χ4n) is 7.38. The van der Waals surface area contributed by atoms with Crippen molar-refractivity contribution in [3.8, 4) is 0 Å². The zero-order valence-electron chi connectivity index (χ0n) is 45.2. The summed E-state index contributed by atoms with van der Waals surface area (Å²) in [5.41, 5.74) is 2.28. The maximum Gasteiger partial charge on any atom is 1.00 e. The van der Waals surface area contributed by atoms with Gasteiger partial charge in [-0.2, -0.15) is 66.2 Å². The summed E-state index contributed by atoms with van der Waals surface area (Å²) in [6.07, 6.45) is 0.424. The van der Waals surface area contributed by atoms with Gasteiger partial charge in [0.05, 0.1) is 32.3 Å². The molecule has 0 radical (unpaired) electrons. The molecule has 0 fully saturated rings. The molecule has 0 heterocycles. The number of benzene rings is 7. The molecule has 414 valence electrons. The Hall–Kier alpha value is -5.18. The number of ketones is 2. The van der Waals surface area contributed by atoms with E-state index in [1.807, 2.05) is 12.1 Å². The van der Waals surface area contributed by atoms with E-state index in [0.29, 0.717) is 12.0 Å². The Bertz CT molecular complexity index is 3920. The first-order valence-electron chi connectivity index (χ1n) is 23.0. The van der Waals surface area contributed by atoms with Crippen molar-refractivity contribution in [1.82, 2.24) is 10.6 Å². The number of rotatable bonds is 20. The van der Waals surface area contributed by atoms with Crippen LogP contribution in [0.5, 0.6) is 0 Å². The van der Waals surface area contributed by atoms with E-state index >= 15 is 0 Å². The minimum Gasteiger partial charge on any atom is -0.744 e. The van der Waals surface area contributed by atoms with Crippen molar-refractivity contribution >= 4 is 88.0 Å². The molecule has 84 heavy (non-hydrogen) atoms. The minimum absolute atomic E-state index is 0. The van der Waals surface area contributed by atoms with E-state index < -0.39 is 80.7 Å². The van der Waals surface area contributed by atoms with Gasteiger partial charge in [-0.3, -0.25) is 28.8 Å². The Labute approximate surface area is 574 Å². The Balaban J connectivity index is 0.00000276. The van der Waals surface area contributed by atoms with E-state index in [4.69, 9.17) is 25.3 Å². The van der Waals surface area contributed by atoms with Gasteiger partial charge >= 0.3 is 139 Å². The standard InChI is InChI=1S/C54H44N4O12S2.4Na.2O3S/c59-49(26-20-35-10-3-1-4-11-35)39-22-24-45(53(63)55-33-37-12-5-2-6-13-37)47(31-39)57-51(61)41-16-9-17-42(30-41)52(62)58-48-32-40(50(60)27-21-36-14-7-18-43(28-36)71(65,66)67)23-25-46(48)54(64)56-34-38-15-8-19-44(29-38)72(68,69)70;;;;;2*1-4(2)3/h1-3,5,7-19,22-25,28-32H,20-21,26-27,33-34H2,(H,55,63)(H,56,64)(H,57,61)(H,58,62)(H,65,66,67)(H,68,69,70);;;;;;/q-2;4*+1;;/p-2. The molecule has 0 unspecified atom stereocenters. The zero-order chi connectivity index (χ0) is 58.6. The van der Waals surface area contributed by atoms with Gasteiger partial charge in [0, 0.05) is 41.6 Å². The first-order chi connectivity index (χ1) is 37.9. The number of anilines is 2. The number of Topliss-reactive ketones (excluding diaryl/α,β-unsaturated/α-hetero) is 2. The fraction of sp³-hybridized carbons (Fsp3) is 0.111. The Morgan fingerprint density at radius 2 is 0.786 bits per heavy atom. The third-order valence-electron chi connectivity index (χ3n) is 11.2. The number of aryl methyl sites for hydroxylation is 2. The molecule has 30 heteroatoms. The maximum atomic E-state index is 14.0. The van der Waals surface area contributed by atoms with Crippen LogP contribution in [0.3, 0.4) is 0 Å². The molecule has 0 aromatic heterocycles. The van der Waals surface area contributed by atoms with Gasteiger partial charge in [0.15, 0.2) is 11.6 Å². The van der Waals surface area contributed by atoms with E-state index in [-0.39, 0.29) is 207 Å². The molecule has 0 aliphatic heterocycles. The summed E-state index contributed by atoms with van der Waals surface area (Å²) in [5.74, 6) is -3.62. The smallest absolute Gasteiger partial charge is 0.744 e. The molecule has 4 N–H and O–H groups in total. The van der Waals surface area contributed by atoms with Crippen molar-refractivity contribution in [2.75, 3.05) is 10.6 Å². The second-order valence-electron chi connectivity index (χ2n) is 16.7. The van der Waals surface area contributed by atoms with Crippen molar-refractivity contribution in [1.29, 1.82) is 0 Å². The molecule has 22 nitrogen and oxygen atoms in total. The van der Waals surface area contributed by atoms with Gasteiger partial charge in [0.25, 0.3) is 23.6 Å². The summed E-state index contributed by atoms with van der Waals surface area (Å²) in [7, 11) is -15.8. The van der Waals surface area contributed by atoms with Crippen LogP contribution in [0.2, 0.25) is 0 Å². The first kappa shape index (κ1) is 76.8. The van der Waals surface area contributed by atoms with Gasteiger partial charge in [-0.05, 0) is 90.8 Å². The number of hydrogen-bond acceptors (Lipinski definition) is 18. The quantitative estimate of drug-likeness (QED) is 0.0238. The van der Waals surface area contributed by atoms with Crippen LogP contribution in [0.1, 0.15) is 97.2 Å². The van der Waals surface area contributed by atoms with Crippen LogP contribution in [0.25, 0.3) is 0 Å². The second-order valence-corrected chi connectivity index (χ2v) is 20.2. The third kappa shape index (κ3) is 25.8. The molecule has 0 bridgehead atoms. The number of carbonyl (C=O) groups is 6. The van der Waals surface area contributed by atoms with Crippen LogP contribution in [-0.4, -0.2) is 86.4 Å². The molecule has 7 aromatic rings. The number of hydrogen-bond donors (Lipinski definition) is 4. The molecule has 7 aromatic carbocycles. The van der Waals surface area contributed by atoms with Gasteiger partial charge in [-0.15, -0.1) is 30.8 Å². The van der Waals surface area contributed by atoms with Gasteiger partial charge in [-0.25, -0.2) is 16.8 Å². The summed E-state index contributed by atoms with van der Waals surface area (Å²) in [5, 5.41) is 10.8. The molecular formula is C54H42N4Na4O18S4. The molecule has 0 saturated heterocycles. The summed E-state index contributed by atoms with van der Waals surface area (Å²) in [6, 6.07) is 44.1. The zero-order valence-corrected chi connectivity index (χ0v) is 56.5. The van der Waals surface area contributed by atoms with E-state index in [1.54, 1.807) is 42.5 Å². The van der Waals surface area contributed by atoms with Gasteiger partial charge in [-0.1, -0.05) is 48.9 Å². The van der Waals surface area contributed by atoms with Crippen LogP contribution in [0.15, 0.2) is 168 Å². The van der Waals surface area contributed by atoms with Gasteiger partial charge < -0.3 is 30.4 Å². The molecule has 0 aliphatic rings. The number of carbonyl (C=O) groups excluding carboxylic acids is 6. The Morgan fingerprint density at radius 3 is 1.20 bits per heavy atom. The molecule has 7 rings (SSSR count). The van der Waals surface area contributed by atoms with E-state index in [0.717, 1.165) is 29.3 Å². The largest absolute Gasteiger partial charge is 1.00 e. The molecule has 0 spiro atoms. The summed E-state index contributed by atoms with van der Waals surface area (Å²) in [4.78, 5) is 81.3. The monoisotopic (exact) mass is 1250 g/mol. The summed E-state index contributed by atoms with van der Waals surface area (Å²) < 4.78 is 120. The van der Waals surface area contributed by atoms with Gasteiger partial charge in [0.2, 0.25) is 0 Å². The van der Waals surface area contributed by atoms with Crippen molar-refractivity contribution in [3.63, 3.8) is 0 Å². The molecular weight excluding hydrogens is 1210 g/mol. The molecule has 4 amide bonds. The minimum atomic E-state index is -4.80. The average Bonchev–Trinajstić information content (AvgIpc) is 3.46. The third-order valence-corrected chi connectivity index (χ3v) is 12.8. The Kier molecular flexibility index (Phi) is 34.2. The van der Waals surface area contributed by atoms with Crippen LogP contribution < -0.4 is 139 Å². The van der Waals surface area contributed by atoms with Crippen LogP contribution in [-0.2, 0) is 67.4 Å². The second kappa shape index (κ2) is 37.4. The maximum absolute atomic E-state index is 14.0. The van der Waals surface area contributed by atoms with Gasteiger partial charge in [0.1, 0.15) is 20.2 Å². The SMILES string of the molecule is O=C(CCc1c[c-]ccc1)c1ccc(C(=O)NCc2c[c-]ccc2)c(NC(=O)c2cccc(C(=O)Nc3cc(C(=O)CCc4cccc(S(=O)(=O)[O-])c4)ccc3C(=O)NCc3cccc(S(=O)(=O)[O-])c3)c2)c1.O=S(=O)=O.O=S(=O)=O.[Na+].[Na+].[Na+].[Na+]. The van der Waals surface area contributed by atoms with E-state index in [2.05, 4.69) is 33.4 Å². The van der Waals surface area contributed by atoms with E-state index in [9.17, 15) is 54.7 Å². The molecule has 0 saturated carbocycles. The van der Waals surface area contributed by atoms with Crippen LogP contribution in [0.4, 0.5) is 11.4 Å². The predicted molar refractivity (Wildman–Crippen MR) is 282 cm³/mol.